The quantitative estimate of drug-likeness (QED) is 0.660. The second-order valence-electron chi connectivity index (χ2n) is 8.97. The van der Waals surface area contributed by atoms with Crippen molar-refractivity contribution in [1.29, 1.82) is 0 Å². The van der Waals surface area contributed by atoms with Crippen LogP contribution >= 0.6 is 11.6 Å². The fourth-order valence-corrected chi connectivity index (χ4v) is 3.68. The first kappa shape index (κ1) is 23.8. The van der Waals surface area contributed by atoms with Crippen LogP contribution in [0.15, 0.2) is 36.7 Å². The highest BCUT2D eigenvalue weighted by molar-refractivity contribution is 6.29. The highest BCUT2D eigenvalue weighted by atomic mass is 35.5. The maximum Gasteiger partial charge on any atom is 0.410 e. The molecule has 2 heterocycles. The minimum absolute atomic E-state index is 0.0723. The molecule has 1 aliphatic rings. The largest absolute Gasteiger partial charge is 0.444 e. The topological polar surface area (TPSA) is 96.5 Å². The molecule has 2 amide bonds. The molecule has 1 fully saturated rings. The summed E-state index contributed by atoms with van der Waals surface area (Å²) in [5, 5.41) is 6.56. The van der Waals surface area contributed by atoms with E-state index in [1.54, 1.807) is 11.1 Å². The van der Waals surface area contributed by atoms with Gasteiger partial charge in [0.05, 0.1) is 24.4 Å². The lowest BCUT2D eigenvalue weighted by Crippen LogP contribution is -2.45. The number of carbonyl (C=O) groups is 2. The van der Waals surface area contributed by atoms with E-state index in [-0.39, 0.29) is 24.0 Å². The van der Waals surface area contributed by atoms with Crippen LogP contribution in [-0.2, 0) is 9.53 Å². The monoisotopic (exact) mass is 459 g/mol. The van der Waals surface area contributed by atoms with Crippen molar-refractivity contribution in [3.8, 4) is 0 Å². The molecule has 1 saturated heterocycles. The molecule has 9 heteroatoms. The molecular formula is C23H30ClN5O3. The molecule has 0 bridgehead atoms. The van der Waals surface area contributed by atoms with Crippen LogP contribution in [0.5, 0.6) is 0 Å². The van der Waals surface area contributed by atoms with Crippen molar-refractivity contribution in [2.75, 3.05) is 23.7 Å². The standard InChI is InChI=1S/C23H30ClN5O3/c1-15(26-20-13-25-12-19(24)28-20)16-7-5-9-18(11-16)27-21(30)17-8-6-10-29(14-17)22(31)32-23(2,3)4/h5,7,9,11-13,15,17H,6,8,10,14H2,1-4H3,(H,26,28)(H,27,30)/t15-,17?/m0/s1. The van der Waals surface area contributed by atoms with Gasteiger partial charge in [0.15, 0.2) is 0 Å². The third-order valence-electron chi connectivity index (χ3n) is 5.07. The maximum atomic E-state index is 12.9. The fourth-order valence-electron chi connectivity index (χ4n) is 3.53. The van der Waals surface area contributed by atoms with E-state index >= 15 is 0 Å². The molecule has 1 aromatic heterocycles. The van der Waals surface area contributed by atoms with Gasteiger partial charge in [0.2, 0.25) is 5.91 Å². The lowest BCUT2D eigenvalue weighted by atomic mass is 9.97. The summed E-state index contributed by atoms with van der Waals surface area (Å²) in [4.78, 5) is 35.1. The van der Waals surface area contributed by atoms with Crippen LogP contribution in [0, 0.1) is 5.92 Å². The van der Waals surface area contributed by atoms with Crippen LogP contribution in [-0.4, -0.2) is 45.6 Å². The van der Waals surface area contributed by atoms with Gasteiger partial charge < -0.3 is 20.3 Å². The van der Waals surface area contributed by atoms with E-state index in [4.69, 9.17) is 16.3 Å². The first-order valence-electron chi connectivity index (χ1n) is 10.7. The van der Waals surface area contributed by atoms with Gasteiger partial charge in [-0.25, -0.2) is 9.78 Å². The summed E-state index contributed by atoms with van der Waals surface area (Å²) in [6.07, 6.45) is 4.20. The molecule has 0 saturated carbocycles. The molecule has 32 heavy (non-hydrogen) atoms. The lowest BCUT2D eigenvalue weighted by Gasteiger charge is -2.33. The molecule has 172 valence electrons. The first-order valence-corrected chi connectivity index (χ1v) is 11.1. The Morgan fingerprint density at radius 2 is 2.06 bits per heavy atom. The Morgan fingerprint density at radius 1 is 1.28 bits per heavy atom. The van der Waals surface area contributed by atoms with E-state index in [1.165, 1.54) is 6.20 Å². The number of amides is 2. The number of aromatic nitrogens is 2. The minimum Gasteiger partial charge on any atom is -0.444 e. The molecule has 3 rings (SSSR count). The number of ether oxygens (including phenoxy) is 1. The first-order chi connectivity index (χ1) is 15.1. The number of carbonyl (C=O) groups excluding carboxylic acids is 2. The van der Waals surface area contributed by atoms with Crippen molar-refractivity contribution < 1.29 is 14.3 Å². The van der Waals surface area contributed by atoms with E-state index in [1.807, 2.05) is 52.0 Å². The Hall–Kier alpha value is -2.87. The number of piperidine rings is 1. The SMILES string of the molecule is C[C@H](Nc1cncc(Cl)n1)c1cccc(NC(=O)C2CCCN(C(=O)OC(C)(C)C)C2)c1. The summed E-state index contributed by atoms with van der Waals surface area (Å²) in [5.74, 6) is 0.192. The zero-order valence-corrected chi connectivity index (χ0v) is 19.6. The molecule has 1 aromatic carbocycles. The molecule has 0 radical (unpaired) electrons. The zero-order valence-electron chi connectivity index (χ0n) is 18.9. The van der Waals surface area contributed by atoms with Crippen molar-refractivity contribution in [3.05, 3.63) is 47.4 Å². The molecule has 1 unspecified atom stereocenters. The molecule has 0 aliphatic carbocycles. The average Bonchev–Trinajstić information content (AvgIpc) is 2.73. The molecule has 2 atom stereocenters. The van der Waals surface area contributed by atoms with Gasteiger partial charge in [0, 0.05) is 18.8 Å². The summed E-state index contributed by atoms with van der Waals surface area (Å²) in [5.41, 5.74) is 1.12. The highest BCUT2D eigenvalue weighted by Gasteiger charge is 2.31. The van der Waals surface area contributed by atoms with Gasteiger partial charge in [-0.05, 0) is 58.2 Å². The van der Waals surface area contributed by atoms with Crippen LogP contribution in [0.2, 0.25) is 5.15 Å². The summed E-state index contributed by atoms with van der Waals surface area (Å²) >= 11 is 5.90. The second-order valence-corrected chi connectivity index (χ2v) is 9.36. The molecular weight excluding hydrogens is 430 g/mol. The molecule has 1 aliphatic heterocycles. The van der Waals surface area contributed by atoms with Gasteiger partial charge in [-0.3, -0.25) is 9.78 Å². The number of anilines is 2. The number of nitrogens with one attached hydrogen (secondary N) is 2. The Labute approximate surface area is 193 Å². The van der Waals surface area contributed by atoms with Crippen LogP contribution in [0.3, 0.4) is 0 Å². The maximum absolute atomic E-state index is 12.9. The van der Waals surface area contributed by atoms with Crippen molar-refractivity contribution in [2.24, 2.45) is 5.92 Å². The van der Waals surface area contributed by atoms with E-state index < -0.39 is 5.60 Å². The van der Waals surface area contributed by atoms with Crippen molar-refractivity contribution in [3.63, 3.8) is 0 Å². The number of nitrogens with zero attached hydrogens (tertiary/aromatic N) is 3. The van der Waals surface area contributed by atoms with Gasteiger partial charge in [-0.15, -0.1) is 0 Å². The van der Waals surface area contributed by atoms with E-state index in [9.17, 15) is 9.59 Å². The van der Waals surface area contributed by atoms with E-state index in [0.717, 1.165) is 18.4 Å². The van der Waals surface area contributed by atoms with Crippen molar-refractivity contribution >= 4 is 35.1 Å². The van der Waals surface area contributed by atoms with Gasteiger partial charge in [-0.2, -0.15) is 0 Å². The Kier molecular flexibility index (Phi) is 7.56. The van der Waals surface area contributed by atoms with Crippen LogP contribution in [0.1, 0.15) is 52.1 Å². The van der Waals surface area contributed by atoms with E-state index in [2.05, 4.69) is 20.6 Å². The van der Waals surface area contributed by atoms with Crippen LogP contribution < -0.4 is 10.6 Å². The predicted octanol–water partition coefficient (Wildman–Crippen LogP) is 4.89. The predicted molar refractivity (Wildman–Crippen MR) is 125 cm³/mol. The van der Waals surface area contributed by atoms with Gasteiger partial charge >= 0.3 is 6.09 Å². The minimum atomic E-state index is -0.561. The summed E-state index contributed by atoms with van der Waals surface area (Å²) in [7, 11) is 0. The van der Waals surface area contributed by atoms with Crippen LogP contribution in [0.4, 0.5) is 16.3 Å². The number of hydrogen-bond donors (Lipinski definition) is 2. The van der Waals surface area contributed by atoms with E-state index in [0.29, 0.717) is 29.7 Å². The fraction of sp³-hybridized carbons (Fsp3) is 0.478. The van der Waals surface area contributed by atoms with Crippen molar-refractivity contribution in [2.45, 2.75) is 52.2 Å². The highest BCUT2D eigenvalue weighted by Crippen LogP contribution is 2.24. The average molecular weight is 460 g/mol. The number of rotatable bonds is 5. The van der Waals surface area contributed by atoms with Gasteiger partial charge in [-0.1, -0.05) is 23.7 Å². The third kappa shape index (κ3) is 6.82. The van der Waals surface area contributed by atoms with Crippen LogP contribution in [0.25, 0.3) is 0 Å². The zero-order chi connectivity index (χ0) is 23.3. The molecule has 2 aromatic rings. The summed E-state index contributed by atoms with van der Waals surface area (Å²) < 4.78 is 5.45. The molecule has 0 spiro atoms. The lowest BCUT2D eigenvalue weighted by molar-refractivity contribution is -0.121. The normalized spacial score (nSPS) is 17.4. The Morgan fingerprint density at radius 3 is 2.78 bits per heavy atom. The summed E-state index contributed by atoms with van der Waals surface area (Å²) in [6, 6.07) is 7.55. The Balaban J connectivity index is 1.61. The van der Waals surface area contributed by atoms with Gasteiger partial charge in [0.1, 0.15) is 16.6 Å². The number of halogens is 1. The third-order valence-corrected chi connectivity index (χ3v) is 5.25. The second kappa shape index (κ2) is 10.2. The number of benzene rings is 1. The molecule has 2 N–H and O–H groups in total. The summed E-state index contributed by atoms with van der Waals surface area (Å²) in [6.45, 7) is 8.45. The smallest absolute Gasteiger partial charge is 0.410 e. The van der Waals surface area contributed by atoms with Crippen molar-refractivity contribution in [1.82, 2.24) is 14.9 Å². The Bertz CT molecular complexity index is 963. The molecule has 8 nitrogen and oxygen atoms in total. The van der Waals surface area contributed by atoms with Gasteiger partial charge in [0.25, 0.3) is 0 Å². The number of hydrogen-bond acceptors (Lipinski definition) is 6. The number of likely N-dealkylation sites (tertiary alicyclic amines) is 1.